The van der Waals surface area contributed by atoms with Crippen LogP contribution in [0.2, 0.25) is 0 Å². The van der Waals surface area contributed by atoms with Crippen molar-refractivity contribution in [2.45, 2.75) is 19.1 Å². The fourth-order valence-corrected chi connectivity index (χ4v) is 3.98. The second-order valence-corrected chi connectivity index (χ2v) is 6.19. The number of benzene rings is 1. The summed E-state index contributed by atoms with van der Waals surface area (Å²) >= 11 is 0. The second-order valence-electron chi connectivity index (χ2n) is 6.19. The van der Waals surface area contributed by atoms with E-state index in [2.05, 4.69) is 12.2 Å². The molecule has 7 heteroatoms. The van der Waals surface area contributed by atoms with Gasteiger partial charge in [0.2, 0.25) is 0 Å². The van der Waals surface area contributed by atoms with Crippen LogP contribution in [0.15, 0.2) is 30.4 Å². The first kappa shape index (κ1) is 13.4. The van der Waals surface area contributed by atoms with E-state index in [0.717, 1.165) is 24.3 Å². The number of rotatable bonds is 5. The summed E-state index contributed by atoms with van der Waals surface area (Å²) in [4.78, 5) is 20.6. The minimum absolute atomic E-state index is 0.128. The van der Waals surface area contributed by atoms with Crippen molar-refractivity contribution in [1.82, 2.24) is 0 Å². The van der Waals surface area contributed by atoms with E-state index in [1.165, 1.54) is 12.1 Å². The van der Waals surface area contributed by atoms with Gasteiger partial charge in [0, 0.05) is 6.07 Å². The molecule has 1 aromatic carbocycles. The van der Waals surface area contributed by atoms with Gasteiger partial charge in [-0.15, -0.1) is 0 Å². The van der Waals surface area contributed by atoms with Crippen LogP contribution < -0.4 is 0 Å². The Morgan fingerprint density at radius 1 is 1.14 bits per heavy atom. The molecule has 0 heterocycles. The summed E-state index contributed by atoms with van der Waals surface area (Å²) in [7, 11) is 0. The molecule has 1 aromatic rings. The SMILES string of the molecule is O=[N+]([O-])c1ccc(CO[C@@H]2C[C@@H]3[C@@H]4C=C[C@H]4[C@H]32)c([N+](=O)[O-])c1. The van der Waals surface area contributed by atoms with Crippen LogP contribution in [0.3, 0.4) is 0 Å². The van der Waals surface area contributed by atoms with E-state index in [1.54, 1.807) is 0 Å². The topological polar surface area (TPSA) is 95.5 Å². The summed E-state index contributed by atoms with van der Waals surface area (Å²) in [5.74, 6) is 2.66. The van der Waals surface area contributed by atoms with Gasteiger partial charge in [-0.25, -0.2) is 0 Å². The molecule has 0 radical (unpaired) electrons. The standard InChI is InChI=1S/C15H14N2O5/c18-16(19)9-2-1-8(13(5-9)17(20)21)7-22-14-6-12-10-3-4-11(10)15(12)14/h1-5,10-12,14-15H,6-7H2/t10-,11-,12-,14-,15-/m1/s1. The average molecular weight is 302 g/mol. The largest absolute Gasteiger partial charge is 0.373 e. The van der Waals surface area contributed by atoms with Crippen LogP contribution in [0.4, 0.5) is 11.4 Å². The predicted octanol–water partition coefficient (Wildman–Crippen LogP) is 2.84. The van der Waals surface area contributed by atoms with Crippen molar-refractivity contribution in [3.63, 3.8) is 0 Å². The molecule has 114 valence electrons. The van der Waals surface area contributed by atoms with Crippen molar-refractivity contribution in [2.24, 2.45) is 23.7 Å². The van der Waals surface area contributed by atoms with E-state index >= 15 is 0 Å². The minimum Gasteiger partial charge on any atom is -0.373 e. The number of hydrogen-bond donors (Lipinski definition) is 0. The number of nitro groups is 2. The lowest BCUT2D eigenvalue weighted by Crippen LogP contribution is -2.63. The molecule has 0 N–H and O–H groups in total. The predicted molar refractivity (Wildman–Crippen MR) is 76.0 cm³/mol. The molecular weight excluding hydrogens is 288 g/mol. The minimum atomic E-state index is -0.633. The summed E-state index contributed by atoms with van der Waals surface area (Å²) in [6, 6.07) is 3.69. The molecule has 0 bridgehead atoms. The third-order valence-corrected chi connectivity index (χ3v) is 5.30. The summed E-state index contributed by atoms with van der Waals surface area (Å²) < 4.78 is 5.83. The molecule has 0 saturated heterocycles. The maximum absolute atomic E-state index is 11.1. The number of nitro benzene ring substituents is 2. The lowest BCUT2D eigenvalue weighted by atomic mass is 9.42. The van der Waals surface area contributed by atoms with Crippen LogP contribution in [0, 0.1) is 43.9 Å². The summed E-state index contributed by atoms with van der Waals surface area (Å²) in [5.41, 5.74) is -0.139. The third-order valence-electron chi connectivity index (χ3n) is 5.30. The molecule has 0 spiro atoms. The molecule has 2 saturated carbocycles. The quantitative estimate of drug-likeness (QED) is 0.473. The third kappa shape index (κ3) is 1.78. The normalized spacial score (nSPS) is 33.7. The first-order chi connectivity index (χ1) is 10.6. The Hall–Kier alpha value is -2.28. The summed E-state index contributed by atoms with van der Waals surface area (Å²) in [6.45, 7) is 0.128. The maximum atomic E-state index is 11.1. The van der Waals surface area contributed by atoms with Gasteiger partial charge in [0.05, 0.1) is 34.2 Å². The van der Waals surface area contributed by atoms with E-state index in [1.807, 2.05) is 0 Å². The van der Waals surface area contributed by atoms with E-state index in [0.29, 0.717) is 17.4 Å². The number of allylic oxidation sites excluding steroid dienone is 2. The van der Waals surface area contributed by atoms with Gasteiger partial charge in [0.1, 0.15) is 0 Å². The van der Waals surface area contributed by atoms with Gasteiger partial charge in [-0.1, -0.05) is 12.2 Å². The van der Waals surface area contributed by atoms with Crippen LogP contribution in [-0.4, -0.2) is 16.0 Å². The Bertz CT molecular complexity index is 701. The van der Waals surface area contributed by atoms with Gasteiger partial charge in [-0.2, -0.15) is 0 Å². The molecule has 7 nitrogen and oxygen atoms in total. The van der Waals surface area contributed by atoms with Crippen molar-refractivity contribution in [3.05, 3.63) is 56.1 Å². The average Bonchev–Trinajstić information content (AvgIpc) is 2.46. The van der Waals surface area contributed by atoms with Crippen LogP contribution in [0.5, 0.6) is 0 Å². The number of ether oxygens (including phenoxy) is 1. The highest BCUT2D eigenvalue weighted by Crippen LogP contribution is 2.64. The van der Waals surface area contributed by atoms with Crippen molar-refractivity contribution in [3.8, 4) is 0 Å². The molecular formula is C15H14N2O5. The lowest BCUT2D eigenvalue weighted by molar-refractivity contribution is -0.394. The molecule has 3 aliphatic carbocycles. The van der Waals surface area contributed by atoms with E-state index < -0.39 is 9.85 Å². The Morgan fingerprint density at radius 2 is 1.91 bits per heavy atom. The second kappa shape index (κ2) is 4.61. The zero-order valence-corrected chi connectivity index (χ0v) is 11.6. The van der Waals surface area contributed by atoms with Crippen LogP contribution in [0.25, 0.3) is 0 Å². The van der Waals surface area contributed by atoms with Gasteiger partial charge in [0.25, 0.3) is 11.4 Å². The Labute approximate surface area is 125 Å². The van der Waals surface area contributed by atoms with Gasteiger partial charge >= 0.3 is 0 Å². The fourth-order valence-electron chi connectivity index (χ4n) is 3.98. The Kier molecular flexibility index (Phi) is 2.80. The number of hydrogen-bond acceptors (Lipinski definition) is 5. The molecule has 4 rings (SSSR count). The highest BCUT2D eigenvalue weighted by Gasteiger charge is 2.62. The van der Waals surface area contributed by atoms with Crippen molar-refractivity contribution < 1.29 is 14.6 Å². The molecule has 5 atom stereocenters. The van der Waals surface area contributed by atoms with Crippen molar-refractivity contribution >= 4 is 11.4 Å². The molecule has 2 fully saturated rings. The number of nitrogens with zero attached hydrogens (tertiary/aromatic N) is 2. The highest BCUT2D eigenvalue weighted by atomic mass is 16.6. The lowest BCUT2D eigenvalue weighted by Gasteiger charge is -2.65. The Balaban J connectivity index is 1.45. The molecule has 0 unspecified atom stereocenters. The monoisotopic (exact) mass is 302 g/mol. The summed E-state index contributed by atoms with van der Waals surface area (Å²) in [6.07, 6.45) is 5.64. The smallest absolute Gasteiger partial charge is 0.281 e. The van der Waals surface area contributed by atoms with Gasteiger partial charge in [0.15, 0.2) is 0 Å². The number of non-ortho nitro benzene ring substituents is 1. The van der Waals surface area contributed by atoms with Crippen LogP contribution in [0.1, 0.15) is 12.0 Å². The van der Waals surface area contributed by atoms with E-state index in [-0.39, 0.29) is 24.1 Å². The maximum Gasteiger partial charge on any atom is 0.281 e. The van der Waals surface area contributed by atoms with Crippen LogP contribution >= 0.6 is 0 Å². The highest BCUT2D eigenvalue weighted by molar-refractivity contribution is 5.48. The van der Waals surface area contributed by atoms with Crippen molar-refractivity contribution in [2.75, 3.05) is 0 Å². The molecule has 3 aliphatic rings. The first-order valence-corrected chi connectivity index (χ1v) is 7.28. The van der Waals surface area contributed by atoms with E-state index in [9.17, 15) is 20.2 Å². The number of fused-ring (bicyclic) bond motifs is 4. The van der Waals surface area contributed by atoms with Crippen molar-refractivity contribution in [1.29, 1.82) is 0 Å². The van der Waals surface area contributed by atoms with Gasteiger partial charge in [-0.3, -0.25) is 20.2 Å². The summed E-state index contributed by atoms with van der Waals surface area (Å²) in [5, 5.41) is 21.8. The molecule has 0 aliphatic heterocycles. The molecule has 0 amide bonds. The molecule has 0 aromatic heterocycles. The molecule has 22 heavy (non-hydrogen) atoms. The fraction of sp³-hybridized carbons (Fsp3) is 0.467. The zero-order valence-electron chi connectivity index (χ0n) is 11.6. The zero-order chi connectivity index (χ0) is 15.4. The van der Waals surface area contributed by atoms with Gasteiger partial charge in [-0.05, 0) is 36.2 Å². The van der Waals surface area contributed by atoms with Gasteiger partial charge < -0.3 is 4.74 Å². The Morgan fingerprint density at radius 3 is 2.50 bits per heavy atom. The van der Waals surface area contributed by atoms with E-state index in [4.69, 9.17) is 4.74 Å². The van der Waals surface area contributed by atoms with Crippen LogP contribution in [-0.2, 0) is 11.3 Å². The first-order valence-electron chi connectivity index (χ1n) is 7.28.